The molecule has 2 heterocycles. The van der Waals surface area contributed by atoms with Crippen molar-refractivity contribution in [1.82, 2.24) is 0 Å². The number of nitrogens with zero attached hydrogens (tertiary/aromatic N) is 1. The van der Waals surface area contributed by atoms with Crippen molar-refractivity contribution in [2.45, 2.75) is 18.5 Å². The number of para-hydroxylation sites is 1. The van der Waals surface area contributed by atoms with Crippen LogP contribution < -0.4 is 4.90 Å². The maximum absolute atomic E-state index is 13.4. The number of carbonyl (C=O) groups excluding carboxylic acids is 1. The van der Waals surface area contributed by atoms with Gasteiger partial charge >= 0.3 is 12.3 Å². The first-order valence-corrected chi connectivity index (χ1v) is 6.83. The molecule has 4 unspecified atom stereocenters. The average molecular weight is 327 g/mol. The van der Waals surface area contributed by atoms with Gasteiger partial charge in [0.15, 0.2) is 0 Å². The highest BCUT2D eigenvalue weighted by atomic mass is 19.4. The van der Waals surface area contributed by atoms with Crippen LogP contribution in [-0.2, 0) is 14.3 Å². The molecule has 1 aromatic rings. The van der Waals surface area contributed by atoms with Gasteiger partial charge in [0.1, 0.15) is 5.92 Å². The van der Waals surface area contributed by atoms with Crippen LogP contribution >= 0.6 is 0 Å². The Morgan fingerprint density at radius 2 is 1.61 bits per heavy atom. The summed E-state index contributed by atoms with van der Waals surface area (Å²) in [5, 5.41) is 9.24. The second-order valence-electron chi connectivity index (χ2n) is 5.32. The van der Waals surface area contributed by atoms with Gasteiger partial charge in [-0.15, -0.1) is 13.2 Å². The number of carbonyl (C=O) groups is 2. The van der Waals surface area contributed by atoms with E-state index in [9.17, 15) is 27.9 Å². The Kier molecular flexibility index (Phi) is 3.63. The highest BCUT2D eigenvalue weighted by Crippen LogP contribution is 2.42. The Hall–Kier alpha value is -2.35. The summed E-state index contributed by atoms with van der Waals surface area (Å²) in [6.07, 6.45) is -3.90. The zero-order valence-electron chi connectivity index (χ0n) is 11.6. The molecular weight excluding hydrogens is 315 g/mol. The fourth-order valence-corrected chi connectivity index (χ4v) is 3.02. The Labute approximate surface area is 129 Å². The van der Waals surface area contributed by atoms with Gasteiger partial charge in [-0.25, -0.2) is 4.90 Å². The van der Waals surface area contributed by atoms with Crippen LogP contribution in [0.4, 0.5) is 18.9 Å². The summed E-state index contributed by atoms with van der Waals surface area (Å²) in [6, 6.07) is 6.54. The molecule has 0 aliphatic carbocycles. The van der Waals surface area contributed by atoms with Gasteiger partial charge < -0.3 is 9.84 Å². The van der Waals surface area contributed by atoms with Crippen molar-refractivity contribution in [2.24, 2.45) is 11.8 Å². The van der Waals surface area contributed by atoms with Crippen LogP contribution in [0.15, 0.2) is 42.5 Å². The topological polar surface area (TPSA) is 66.8 Å². The molecule has 0 spiro atoms. The normalized spacial score (nSPS) is 28.8. The van der Waals surface area contributed by atoms with Crippen LogP contribution in [-0.4, -0.2) is 35.5 Å². The number of amides is 1. The number of hydrogen-bond acceptors (Lipinski definition) is 3. The summed E-state index contributed by atoms with van der Waals surface area (Å²) in [7, 11) is 0. The first kappa shape index (κ1) is 15.5. The van der Waals surface area contributed by atoms with E-state index < -0.39 is 42.2 Å². The molecular formula is C15H12F3NO4. The molecule has 1 N–H and O–H groups in total. The molecule has 5 nitrogen and oxygen atoms in total. The van der Waals surface area contributed by atoms with Gasteiger partial charge in [-0.3, -0.25) is 9.59 Å². The predicted molar refractivity (Wildman–Crippen MR) is 72.4 cm³/mol. The summed E-state index contributed by atoms with van der Waals surface area (Å²) in [6.45, 7) is 0. The smallest absolute Gasteiger partial charge is 0.481 e. The van der Waals surface area contributed by atoms with E-state index in [0.717, 1.165) is 12.1 Å². The third kappa shape index (κ3) is 2.59. The molecule has 1 saturated heterocycles. The lowest BCUT2D eigenvalue weighted by atomic mass is 9.82. The summed E-state index contributed by atoms with van der Waals surface area (Å²) in [5.74, 6) is -5.42. The number of benzene rings is 1. The van der Waals surface area contributed by atoms with Crippen molar-refractivity contribution in [3.8, 4) is 0 Å². The SMILES string of the molecule is O=C(O)C1C2C=CC(O2)C1C(=O)N(c1ccccc1)C(F)(F)F. The van der Waals surface area contributed by atoms with Crippen LogP contribution in [0.2, 0.25) is 0 Å². The minimum atomic E-state index is -4.97. The number of aliphatic carboxylic acids is 1. The van der Waals surface area contributed by atoms with E-state index in [-0.39, 0.29) is 10.6 Å². The van der Waals surface area contributed by atoms with Crippen molar-refractivity contribution in [1.29, 1.82) is 0 Å². The van der Waals surface area contributed by atoms with Crippen LogP contribution in [0.1, 0.15) is 0 Å². The van der Waals surface area contributed by atoms with Gasteiger partial charge in [0, 0.05) is 0 Å². The molecule has 122 valence electrons. The van der Waals surface area contributed by atoms with E-state index in [2.05, 4.69) is 0 Å². The number of alkyl halides is 3. The van der Waals surface area contributed by atoms with Gasteiger partial charge in [-0.2, -0.15) is 0 Å². The Balaban J connectivity index is 1.99. The van der Waals surface area contributed by atoms with E-state index in [0.29, 0.717) is 0 Å². The average Bonchev–Trinajstić information content (AvgIpc) is 3.07. The number of carboxylic acids is 1. The molecule has 4 atom stereocenters. The molecule has 2 bridgehead atoms. The number of rotatable bonds is 3. The highest BCUT2D eigenvalue weighted by molar-refractivity contribution is 5.99. The zero-order valence-corrected chi connectivity index (χ0v) is 11.6. The molecule has 2 aliphatic heterocycles. The summed E-state index contributed by atoms with van der Waals surface area (Å²) in [5.41, 5.74) is -0.360. The summed E-state index contributed by atoms with van der Waals surface area (Å²) >= 11 is 0. The Morgan fingerprint density at radius 1 is 1.04 bits per heavy atom. The molecule has 1 amide bonds. The monoisotopic (exact) mass is 327 g/mol. The van der Waals surface area contributed by atoms with Gasteiger partial charge in [-0.05, 0) is 12.1 Å². The van der Waals surface area contributed by atoms with E-state index >= 15 is 0 Å². The number of halogens is 3. The molecule has 3 rings (SSSR count). The second kappa shape index (κ2) is 5.38. The lowest BCUT2D eigenvalue weighted by molar-refractivity contribution is -0.158. The number of anilines is 1. The predicted octanol–water partition coefficient (Wildman–Crippen LogP) is 2.19. The molecule has 0 radical (unpaired) electrons. The van der Waals surface area contributed by atoms with Gasteiger partial charge in [-0.1, -0.05) is 30.4 Å². The zero-order chi connectivity index (χ0) is 16.8. The lowest BCUT2D eigenvalue weighted by Gasteiger charge is -2.30. The maximum Gasteiger partial charge on any atom is 0.491 e. The number of fused-ring (bicyclic) bond motifs is 2. The fourth-order valence-electron chi connectivity index (χ4n) is 3.02. The van der Waals surface area contributed by atoms with E-state index in [1.165, 1.54) is 30.4 Å². The third-order valence-electron chi connectivity index (χ3n) is 3.96. The highest BCUT2D eigenvalue weighted by Gasteiger charge is 2.57. The largest absolute Gasteiger partial charge is 0.491 e. The number of hydrogen-bond donors (Lipinski definition) is 1. The maximum atomic E-state index is 13.4. The summed E-state index contributed by atoms with van der Waals surface area (Å²) in [4.78, 5) is 23.6. The minimum Gasteiger partial charge on any atom is -0.481 e. The summed E-state index contributed by atoms with van der Waals surface area (Å²) < 4.78 is 45.4. The van der Waals surface area contributed by atoms with Crippen LogP contribution in [0.25, 0.3) is 0 Å². The molecule has 0 saturated carbocycles. The van der Waals surface area contributed by atoms with Crippen molar-refractivity contribution in [3.05, 3.63) is 42.5 Å². The van der Waals surface area contributed by atoms with Crippen molar-refractivity contribution in [3.63, 3.8) is 0 Å². The van der Waals surface area contributed by atoms with Crippen LogP contribution in [0.3, 0.4) is 0 Å². The molecule has 8 heteroatoms. The standard InChI is InChI=1S/C15H12F3NO4/c16-15(17,18)19(8-4-2-1-3-5-8)13(20)11-9-6-7-10(23-9)12(11)14(21)22/h1-7,9-12H,(H,21,22). The van der Waals surface area contributed by atoms with Crippen LogP contribution in [0, 0.1) is 11.8 Å². The lowest BCUT2D eigenvalue weighted by Crippen LogP contribution is -2.50. The van der Waals surface area contributed by atoms with Gasteiger partial charge in [0.05, 0.1) is 23.8 Å². The first-order valence-electron chi connectivity index (χ1n) is 6.83. The van der Waals surface area contributed by atoms with Crippen LogP contribution in [0.5, 0.6) is 0 Å². The number of carboxylic acid groups (broad SMARTS) is 1. The quantitative estimate of drug-likeness (QED) is 0.683. The van der Waals surface area contributed by atoms with Gasteiger partial charge in [0.25, 0.3) is 0 Å². The van der Waals surface area contributed by atoms with Gasteiger partial charge in [0.2, 0.25) is 5.91 Å². The molecule has 23 heavy (non-hydrogen) atoms. The fraction of sp³-hybridized carbons (Fsp3) is 0.333. The Bertz CT molecular complexity index is 658. The van der Waals surface area contributed by atoms with E-state index in [1.807, 2.05) is 0 Å². The first-order chi connectivity index (χ1) is 10.8. The third-order valence-corrected chi connectivity index (χ3v) is 3.96. The van der Waals surface area contributed by atoms with E-state index in [1.54, 1.807) is 0 Å². The minimum absolute atomic E-state index is 0.314. The molecule has 0 aromatic heterocycles. The molecule has 1 fully saturated rings. The van der Waals surface area contributed by atoms with E-state index in [4.69, 9.17) is 4.74 Å². The van der Waals surface area contributed by atoms with Crippen molar-refractivity contribution in [2.75, 3.05) is 4.90 Å². The molecule has 1 aromatic carbocycles. The second-order valence-corrected chi connectivity index (χ2v) is 5.32. The molecule has 2 aliphatic rings. The Morgan fingerprint density at radius 3 is 2.13 bits per heavy atom. The van der Waals surface area contributed by atoms with Crippen molar-refractivity contribution >= 4 is 17.6 Å². The number of ether oxygens (including phenoxy) is 1. The van der Waals surface area contributed by atoms with Crippen molar-refractivity contribution < 1.29 is 32.6 Å².